The third-order valence-corrected chi connectivity index (χ3v) is 5.52. The lowest BCUT2D eigenvalue weighted by molar-refractivity contribution is 0.380. The zero-order valence-electron chi connectivity index (χ0n) is 11.1. The zero-order chi connectivity index (χ0) is 13.3. The predicted octanol–water partition coefficient (Wildman–Crippen LogP) is 3.51. The lowest BCUT2D eigenvalue weighted by atomic mass is 9.84. The lowest BCUT2D eigenvalue weighted by Crippen LogP contribution is -2.40. The number of benzene rings is 1. The molecule has 19 heavy (non-hydrogen) atoms. The second-order valence-corrected chi connectivity index (χ2v) is 6.47. The Bertz CT molecular complexity index is 587. The standard InChI is InChI=1S/C15H19N3S/c1-19-15(7-3-8-15)10-18-13-6-9-17-14-11(13)4-2-5-12(14)16/h2,4-6,9H,3,7-8,10,16H2,1H3,(H,17,18). The molecule has 1 aromatic heterocycles. The molecule has 0 atom stereocenters. The van der Waals surface area contributed by atoms with Gasteiger partial charge in [0.05, 0.1) is 11.2 Å². The lowest BCUT2D eigenvalue weighted by Gasteiger charge is -2.40. The largest absolute Gasteiger partial charge is 0.397 e. The summed E-state index contributed by atoms with van der Waals surface area (Å²) in [7, 11) is 0. The molecule has 3 N–H and O–H groups in total. The van der Waals surface area contributed by atoms with Crippen molar-refractivity contribution in [2.75, 3.05) is 23.9 Å². The van der Waals surface area contributed by atoms with Crippen LogP contribution in [0.15, 0.2) is 30.5 Å². The van der Waals surface area contributed by atoms with Gasteiger partial charge in [-0.1, -0.05) is 18.6 Å². The molecule has 4 heteroatoms. The van der Waals surface area contributed by atoms with Gasteiger partial charge >= 0.3 is 0 Å². The normalized spacial score (nSPS) is 17.1. The van der Waals surface area contributed by atoms with Crippen LogP contribution in [0.3, 0.4) is 0 Å². The number of nitrogens with one attached hydrogen (secondary N) is 1. The van der Waals surface area contributed by atoms with E-state index in [-0.39, 0.29) is 0 Å². The van der Waals surface area contributed by atoms with Crippen LogP contribution in [0, 0.1) is 0 Å². The minimum absolute atomic E-state index is 0.427. The number of nitrogens with zero attached hydrogens (tertiary/aromatic N) is 1. The van der Waals surface area contributed by atoms with Crippen LogP contribution in [0.1, 0.15) is 19.3 Å². The number of para-hydroxylation sites is 1. The summed E-state index contributed by atoms with van der Waals surface area (Å²) < 4.78 is 0.427. The van der Waals surface area contributed by atoms with Crippen molar-refractivity contribution >= 4 is 34.0 Å². The smallest absolute Gasteiger partial charge is 0.0951 e. The van der Waals surface area contributed by atoms with Gasteiger partial charge in [-0.25, -0.2) is 0 Å². The van der Waals surface area contributed by atoms with E-state index in [1.54, 1.807) is 0 Å². The third-order valence-electron chi connectivity index (χ3n) is 4.10. The summed E-state index contributed by atoms with van der Waals surface area (Å²) in [6.45, 7) is 1.02. The molecule has 1 aromatic carbocycles. The Hall–Kier alpha value is -1.42. The van der Waals surface area contributed by atoms with Crippen molar-refractivity contribution in [2.24, 2.45) is 0 Å². The highest BCUT2D eigenvalue weighted by atomic mass is 32.2. The molecule has 0 saturated heterocycles. The van der Waals surface area contributed by atoms with Crippen molar-refractivity contribution < 1.29 is 0 Å². The van der Waals surface area contributed by atoms with E-state index in [4.69, 9.17) is 5.73 Å². The van der Waals surface area contributed by atoms with Crippen LogP contribution in [0.25, 0.3) is 10.9 Å². The molecular formula is C15H19N3S. The number of hydrogen-bond donors (Lipinski definition) is 2. The first-order valence-corrected chi connectivity index (χ1v) is 7.89. The van der Waals surface area contributed by atoms with Gasteiger partial charge in [-0.15, -0.1) is 0 Å². The molecular weight excluding hydrogens is 254 g/mol. The summed E-state index contributed by atoms with van der Waals surface area (Å²) in [6, 6.07) is 7.99. The van der Waals surface area contributed by atoms with Crippen molar-refractivity contribution in [1.82, 2.24) is 4.98 Å². The quantitative estimate of drug-likeness (QED) is 0.837. The highest BCUT2D eigenvalue weighted by Gasteiger charge is 2.35. The van der Waals surface area contributed by atoms with Crippen LogP contribution < -0.4 is 11.1 Å². The monoisotopic (exact) mass is 273 g/mol. The maximum atomic E-state index is 5.98. The molecule has 1 saturated carbocycles. The molecule has 1 fully saturated rings. The Kier molecular flexibility index (Phi) is 3.27. The van der Waals surface area contributed by atoms with E-state index in [0.717, 1.165) is 28.8 Å². The van der Waals surface area contributed by atoms with E-state index in [2.05, 4.69) is 22.6 Å². The number of fused-ring (bicyclic) bond motifs is 1. The molecule has 0 radical (unpaired) electrons. The van der Waals surface area contributed by atoms with Crippen LogP contribution in [0.5, 0.6) is 0 Å². The molecule has 1 aliphatic rings. The molecule has 1 heterocycles. The highest BCUT2D eigenvalue weighted by Crippen LogP contribution is 2.43. The molecule has 0 aliphatic heterocycles. The Balaban J connectivity index is 1.87. The van der Waals surface area contributed by atoms with E-state index < -0.39 is 0 Å². The average molecular weight is 273 g/mol. The van der Waals surface area contributed by atoms with Gasteiger partial charge in [-0.3, -0.25) is 4.98 Å². The van der Waals surface area contributed by atoms with Gasteiger partial charge in [-0.2, -0.15) is 11.8 Å². The van der Waals surface area contributed by atoms with Gasteiger partial charge in [0.2, 0.25) is 0 Å². The summed E-state index contributed by atoms with van der Waals surface area (Å²) in [5.41, 5.74) is 8.74. The summed E-state index contributed by atoms with van der Waals surface area (Å²) >= 11 is 1.98. The first-order valence-electron chi connectivity index (χ1n) is 6.66. The number of hydrogen-bond acceptors (Lipinski definition) is 4. The number of pyridine rings is 1. The SMILES string of the molecule is CSC1(CNc2ccnc3c(N)cccc23)CCC1. The second-order valence-electron chi connectivity index (χ2n) is 5.20. The van der Waals surface area contributed by atoms with Gasteiger partial charge in [-0.05, 0) is 31.2 Å². The number of nitrogen functional groups attached to an aromatic ring is 1. The fourth-order valence-electron chi connectivity index (χ4n) is 2.63. The van der Waals surface area contributed by atoms with Gasteiger partial charge < -0.3 is 11.1 Å². The van der Waals surface area contributed by atoms with Gasteiger partial charge in [0.1, 0.15) is 0 Å². The highest BCUT2D eigenvalue weighted by molar-refractivity contribution is 8.00. The van der Waals surface area contributed by atoms with Crippen molar-refractivity contribution in [2.45, 2.75) is 24.0 Å². The van der Waals surface area contributed by atoms with Crippen LogP contribution in [-0.2, 0) is 0 Å². The van der Waals surface area contributed by atoms with E-state index in [1.165, 1.54) is 19.3 Å². The molecule has 100 valence electrons. The first kappa shape index (κ1) is 12.6. The number of anilines is 2. The van der Waals surface area contributed by atoms with E-state index in [1.807, 2.05) is 36.2 Å². The Morgan fingerprint density at radius 3 is 2.89 bits per heavy atom. The predicted molar refractivity (Wildman–Crippen MR) is 84.7 cm³/mol. The van der Waals surface area contributed by atoms with Crippen molar-refractivity contribution in [1.29, 1.82) is 0 Å². The van der Waals surface area contributed by atoms with Gasteiger partial charge in [0, 0.05) is 28.6 Å². The van der Waals surface area contributed by atoms with E-state index in [0.29, 0.717) is 4.75 Å². The summed E-state index contributed by atoms with van der Waals surface area (Å²) in [5.74, 6) is 0. The molecule has 2 aromatic rings. The maximum absolute atomic E-state index is 5.98. The van der Waals surface area contributed by atoms with Crippen LogP contribution >= 0.6 is 11.8 Å². The molecule has 0 bridgehead atoms. The number of nitrogens with two attached hydrogens (primary N) is 1. The summed E-state index contributed by atoms with van der Waals surface area (Å²) in [4.78, 5) is 4.37. The van der Waals surface area contributed by atoms with Gasteiger partial charge in [0.25, 0.3) is 0 Å². The summed E-state index contributed by atoms with van der Waals surface area (Å²) in [5, 5.41) is 4.70. The maximum Gasteiger partial charge on any atom is 0.0951 e. The molecule has 1 aliphatic carbocycles. The fourth-order valence-corrected chi connectivity index (χ4v) is 3.55. The molecule has 3 nitrogen and oxygen atoms in total. The Morgan fingerprint density at radius 1 is 1.37 bits per heavy atom. The Morgan fingerprint density at radius 2 is 2.21 bits per heavy atom. The average Bonchev–Trinajstić information content (AvgIpc) is 2.39. The molecule has 0 unspecified atom stereocenters. The topological polar surface area (TPSA) is 50.9 Å². The number of aromatic nitrogens is 1. The van der Waals surface area contributed by atoms with Crippen molar-refractivity contribution in [3.8, 4) is 0 Å². The molecule has 0 spiro atoms. The minimum Gasteiger partial charge on any atom is -0.397 e. The van der Waals surface area contributed by atoms with Crippen molar-refractivity contribution in [3.63, 3.8) is 0 Å². The van der Waals surface area contributed by atoms with Crippen LogP contribution in [-0.4, -0.2) is 22.5 Å². The van der Waals surface area contributed by atoms with Gasteiger partial charge in [0.15, 0.2) is 0 Å². The Labute approximate surface area is 118 Å². The third kappa shape index (κ3) is 2.25. The zero-order valence-corrected chi connectivity index (χ0v) is 12.0. The van der Waals surface area contributed by atoms with E-state index >= 15 is 0 Å². The number of thioether (sulfide) groups is 1. The minimum atomic E-state index is 0.427. The molecule has 0 amide bonds. The van der Waals surface area contributed by atoms with Crippen molar-refractivity contribution in [3.05, 3.63) is 30.5 Å². The molecule has 3 rings (SSSR count). The summed E-state index contributed by atoms with van der Waals surface area (Å²) in [6.07, 6.45) is 8.02. The first-order chi connectivity index (χ1) is 9.24. The second kappa shape index (κ2) is 4.93. The van der Waals surface area contributed by atoms with E-state index in [9.17, 15) is 0 Å². The number of rotatable bonds is 4. The fraction of sp³-hybridized carbons (Fsp3) is 0.400. The van der Waals surface area contributed by atoms with Crippen LogP contribution in [0.4, 0.5) is 11.4 Å². The van der Waals surface area contributed by atoms with Crippen LogP contribution in [0.2, 0.25) is 0 Å².